The average molecular weight is 163 g/mol. The van der Waals surface area contributed by atoms with E-state index in [1.54, 1.807) is 6.20 Å². The Morgan fingerprint density at radius 1 is 1.58 bits per heavy atom. The van der Waals surface area contributed by atoms with Gasteiger partial charge in [0.2, 0.25) is 0 Å². The summed E-state index contributed by atoms with van der Waals surface area (Å²) in [6.45, 7) is 3.08. The Bertz CT molecular complexity index is 268. The number of rotatable bonds is 3. The Morgan fingerprint density at radius 3 is 3.08 bits per heavy atom. The second-order valence-corrected chi connectivity index (χ2v) is 3.44. The molecule has 1 N–H and O–H groups in total. The number of aryl methyl sites for hydroxylation is 1. The molecule has 1 saturated carbocycles. The summed E-state index contributed by atoms with van der Waals surface area (Å²) in [5.41, 5.74) is 1.16. The number of hydrogen-bond donors (Lipinski definition) is 1. The Labute approximate surface area is 72.2 Å². The molecule has 1 heterocycles. The van der Waals surface area contributed by atoms with E-state index in [1.165, 1.54) is 12.8 Å². The molecule has 3 heteroatoms. The minimum atomic E-state index is 0.882. The van der Waals surface area contributed by atoms with Crippen molar-refractivity contribution in [2.24, 2.45) is 5.92 Å². The van der Waals surface area contributed by atoms with E-state index >= 15 is 0 Å². The van der Waals surface area contributed by atoms with Gasteiger partial charge in [-0.1, -0.05) is 0 Å². The molecule has 1 aliphatic rings. The summed E-state index contributed by atoms with van der Waals surface area (Å²) in [6, 6.07) is 2.02. The van der Waals surface area contributed by atoms with Gasteiger partial charge in [0.1, 0.15) is 5.82 Å². The lowest BCUT2D eigenvalue weighted by molar-refractivity contribution is 0.871. The molecule has 3 nitrogen and oxygen atoms in total. The highest BCUT2D eigenvalue weighted by atomic mass is 15.2. The van der Waals surface area contributed by atoms with Crippen LogP contribution in [0.25, 0.3) is 0 Å². The van der Waals surface area contributed by atoms with Crippen LogP contribution in [0.2, 0.25) is 0 Å². The van der Waals surface area contributed by atoms with E-state index in [1.807, 2.05) is 13.0 Å². The first kappa shape index (κ1) is 7.53. The van der Waals surface area contributed by atoms with E-state index in [2.05, 4.69) is 15.5 Å². The summed E-state index contributed by atoms with van der Waals surface area (Å²) >= 11 is 0. The molecular weight excluding hydrogens is 150 g/mol. The molecule has 1 aromatic rings. The van der Waals surface area contributed by atoms with E-state index in [0.717, 1.165) is 23.8 Å². The van der Waals surface area contributed by atoms with Gasteiger partial charge in [-0.3, -0.25) is 0 Å². The predicted molar refractivity (Wildman–Crippen MR) is 48.0 cm³/mol. The van der Waals surface area contributed by atoms with Crippen molar-refractivity contribution in [1.29, 1.82) is 0 Å². The summed E-state index contributed by atoms with van der Waals surface area (Å²) in [7, 11) is 0. The minimum Gasteiger partial charge on any atom is -0.368 e. The maximum absolute atomic E-state index is 3.98. The number of hydrogen-bond acceptors (Lipinski definition) is 3. The Hall–Kier alpha value is -1.12. The van der Waals surface area contributed by atoms with Crippen molar-refractivity contribution in [3.63, 3.8) is 0 Å². The summed E-state index contributed by atoms with van der Waals surface area (Å²) in [4.78, 5) is 0. The van der Waals surface area contributed by atoms with E-state index in [9.17, 15) is 0 Å². The van der Waals surface area contributed by atoms with Gasteiger partial charge in [-0.25, -0.2) is 0 Å². The summed E-state index contributed by atoms with van der Waals surface area (Å²) in [6.07, 6.45) is 4.50. The maximum Gasteiger partial charge on any atom is 0.148 e. The van der Waals surface area contributed by atoms with Crippen LogP contribution in [-0.2, 0) is 0 Å². The Kier molecular flexibility index (Phi) is 1.94. The lowest BCUT2D eigenvalue weighted by Gasteiger charge is -2.02. The standard InChI is InChI=1S/C9H13N3/c1-7-4-9(12-11-5-7)10-6-8-2-3-8/h4-5,8H,2-3,6H2,1H3,(H,10,12). The molecule has 0 unspecified atom stereocenters. The first-order valence-electron chi connectivity index (χ1n) is 4.38. The largest absolute Gasteiger partial charge is 0.368 e. The fourth-order valence-electron chi connectivity index (χ4n) is 1.12. The molecule has 64 valence electrons. The minimum absolute atomic E-state index is 0.882. The molecule has 1 fully saturated rings. The highest BCUT2D eigenvalue weighted by molar-refractivity contribution is 5.35. The van der Waals surface area contributed by atoms with E-state index < -0.39 is 0 Å². The monoisotopic (exact) mass is 163 g/mol. The van der Waals surface area contributed by atoms with Crippen LogP contribution >= 0.6 is 0 Å². The van der Waals surface area contributed by atoms with Gasteiger partial charge in [-0.05, 0) is 37.3 Å². The van der Waals surface area contributed by atoms with Crippen LogP contribution in [0.3, 0.4) is 0 Å². The average Bonchev–Trinajstić information content (AvgIpc) is 2.84. The molecule has 0 bridgehead atoms. The summed E-state index contributed by atoms with van der Waals surface area (Å²) in [5, 5.41) is 11.1. The maximum atomic E-state index is 3.98. The lowest BCUT2D eigenvalue weighted by Crippen LogP contribution is -2.05. The molecule has 0 aromatic carbocycles. The third-order valence-electron chi connectivity index (χ3n) is 2.06. The van der Waals surface area contributed by atoms with Crippen LogP contribution in [-0.4, -0.2) is 16.7 Å². The molecule has 0 aliphatic heterocycles. The zero-order chi connectivity index (χ0) is 8.39. The molecule has 2 rings (SSSR count). The molecule has 1 aromatic heterocycles. The van der Waals surface area contributed by atoms with Crippen LogP contribution in [0.1, 0.15) is 18.4 Å². The normalized spacial score (nSPS) is 16.1. The van der Waals surface area contributed by atoms with Gasteiger partial charge in [0.05, 0.1) is 6.20 Å². The molecule has 12 heavy (non-hydrogen) atoms. The van der Waals surface area contributed by atoms with Crippen LogP contribution in [0, 0.1) is 12.8 Å². The zero-order valence-electron chi connectivity index (χ0n) is 7.25. The SMILES string of the molecule is Cc1cnnc(NCC2CC2)c1. The van der Waals surface area contributed by atoms with Crippen molar-refractivity contribution >= 4 is 5.82 Å². The fourth-order valence-corrected chi connectivity index (χ4v) is 1.12. The fraction of sp³-hybridized carbons (Fsp3) is 0.556. The Morgan fingerprint density at radius 2 is 2.42 bits per heavy atom. The second kappa shape index (κ2) is 3.09. The first-order valence-corrected chi connectivity index (χ1v) is 4.38. The van der Waals surface area contributed by atoms with Crippen LogP contribution in [0.5, 0.6) is 0 Å². The van der Waals surface area contributed by atoms with Crippen molar-refractivity contribution in [2.45, 2.75) is 19.8 Å². The Balaban J connectivity index is 1.92. The third-order valence-corrected chi connectivity index (χ3v) is 2.06. The molecule has 0 amide bonds. The highest BCUT2D eigenvalue weighted by Gasteiger charge is 2.20. The predicted octanol–water partition coefficient (Wildman–Crippen LogP) is 1.61. The van der Waals surface area contributed by atoms with Crippen LogP contribution in [0.4, 0.5) is 5.82 Å². The van der Waals surface area contributed by atoms with Gasteiger partial charge in [0, 0.05) is 6.54 Å². The van der Waals surface area contributed by atoms with Crippen molar-refractivity contribution < 1.29 is 0 Å². The van der Waals surface area contributed by atoms with Gasteiger partial charge in [0.25, 0.3) is 0 Å². The molecule has 1 aliphatic carbocycles. The van der Waals surface area contributed by atoms with Crippen molar-refractivity contribution in [2.75, 3.05) is 11.9 Å². The van der Waals surface area contributed by atoms with E-state index in [-0.39, 0.29) is 0 Å². The van der Waals surface area contributed by atoms with Crippen molar-refractivity contribution in [1.82, 2.24) is 10.2 Å². The van der Waals surface area contributed by atoms with E-state index in [4.69, 9.17) is 0 Å². The number of nitrogens with one attached hydrogen (secondary N) is 1. The number of aromatic nitrogens is 2. The third kappa shape index (κ3) is 1.94. The highest BCUT2D eigenvalue weighted by Crippen LogP contribution is 2.28. The van der Waals surface area contributed by atoms with Gasteiger partial charge in [-0.2, -0.15) is 5.10 Å². The van der Waals surface area contributed by atoms with Gasteiger partial charge in [0.15, 0.2) is 0 Å². The van der Waals surface area contributed by atoms with Crippen LogP contribution < -0.4 is 5.32 Å². The number of nitrogens with zero attached hydrogens (tertiary/aromatic N) is 2. The molecular formula is C9H13N3. The van der Waals surface area contributed by atoms with Crippen molar-refractivity contribution in [3.05, 3.63) is 17.8 Å². The smallest absolute Gasteiger partial charge is 0.148 e. The summed E-state index contributed by atoms with van der Waals surface area (Å²) in [5.74, 6) is 1.79. The molecule has 0 spiro atoms. The lowest BCUT2D eigenvalue weighted by atomic mass is 10.3. The summed E-state index contributed by atoms with van der Waals surface area (Å²) < 4.78 is 0. The molecule has 0 saturated heterocycles. The number of anilines is 1. The van der Waals surface area contributed by atoms with Gasteiger partial charge < -0.3 is 5.32 Å². The topological polar surface area (TPSA) is 37.8 Å². The first-order chi connectivity index (χ1) is 5.84. The zero-order valence-corrected chi connectivity index (χ0v) is 7.25. The van der Waals surface area contributed by atoms with Gasteiger partial charge >= 0.3 is 0 Å². The van der Waals surface area contributed by atoms with E-state index in [0.29, 0.717) is 0 Å². The second-order valence-electron chi connectivity index (χ2n) is 3.44. The molecule has 0 radical (unpaired) electrons. The quantitative estimate of drug-likeness (QED) is 0.735. The van der Waals surface area contributed by atoms with Gasteiger partial charge in [-0.15, -0.1) is 5.10 Å². The van der Waals surface area contributed by atoms with Crippen LogP contribution in [0.15, 0.2) is 12.3 Å². The van der Waals surface area contributed by atoms with Crippen molar-refractivity contribution in [3.8, 4) is 0 Å². The molecule has 0 atom stereocenters.